The smallest absolute Gasteiger partial charge is 0.244 e. The van der Waals surface area contributed by atoms with Crippen molar-refractivity contribution in [1.29, 1.82) is 0 Å². The first-order chi connectivity index (χ1) is 7.86. The van der Waals surface area contributed by atoms with Gasteiger partial charge in [0.1, 0.15) is 5.75 Å². The van der Waals surface area contributed by atoms with Crippen molar-refractivity contribution in [3.05, 3.63) is 23.8 Å². The third-order valence-electron chi connectivity index (χ3n) is 2.74. The Morgan fingerprint density at radius 1 is 1.53 bits per heavy atom. The maximum atomic E-state index is 11.9. The van der Waals surface area contributed by atoms with Gasteiger partial charge >= 0.3 is 0 Å². The Bertz CT molecular complexity index is 414. The van der Waals surface area contributed by atoms with Crippen molar-refractivity contribution >= 4 is 11.6 Å². The monoisotopic (exact) mass is 236 g/mol. The summed E-state index contributed by atoms with van der Waals surface area (Å²) in [5, 5.41) is 12.1. The molecule has 94 valence electrons. The Hall–Kier alpha value is -1.55. The molecule has 0 saturated carbocycles. The van der Waals surface area contributed by atoms with Gasteiger partial charge in [-0.1, -0.05) is 13.3 Å². The molecular formula is C13H20N2O2. The van der Waals surface area contributed by atoms with E-state index in [4.69, 9.17) is 5.73 Å². The summed E-state index contributed by atoms with van der Waals surface area (Å²) < 4.78 is 0. The van der Waals surface area contributed by atoms with Gasteiger partial charge < -0.3 is 16.2 Å². The van der Waals surface area contributed by atoms with Crippen LogP contribution in [0.4, 0.5) is 5.69 Å². The van der Waals surface area contributed by atoms with E-state index in [9.17, 15) is 9.90 Å². The molecule has 0 aromatic heterocycles. The minimum absolute atomic E-state index is 0.204. The Morgan fingerprint density at radius 2 is 2.18 bits per heavy atom. The lowest BCUT2D eigenvalue weighted by atomic mass is 9.96. The number of phenols is 1. The van der Waals surface area contributed by atoms with Crippen LogP contribution >= 0.6 is 0 Å². The summed E-state index contributed by atoms with van der Waals surface area (Å²) in [5.41, 5.74) is 6.44. The first-order valence-corrected chi connectivity index (χ1v) is 5.77. The number of rotatable bonds is 4. The molecule has 4 heteroatoms. The third kappa shape index (κ3) is 3.46. The molecule has 4 N–H and O–H groups in total. The van der Waals surface area contributed by atoms with E-state index >= 15 is 0 Å². The minimum atomic E-state index is -0.861. The molecular weight excluding hydrogens is 216 g/mol. The molecule has 1 atom stereocenters. The molecule has 0 heterocycles. The first kappa shape index (κ1) is 13.5. The molecule has 17 heavy (non-hydrogen) atoms. The molecule has 4 nitrogen and oxygen atoms in total. The van der Waals surface area contributed by atoms with Gasteiger partial charge in [0, 0.05) is 5.69 Å². The third-order valence-corrected chi connectivity index (χ3v) is 2.74. The Kier molecular flexibility index (Phi) is 4.12. The average molecular weight is 236 g/mol. The van der Waals surface area contributed by atoms with E-state index in [1.807, 2.05) is 6.92 Å². The molecule has 0 aliphatic heterocycles. The number of nitrogens with one attached hydrogen (secondary N) is 1. The highest BCUT2D eigenvalue weighted by atomic mass is 16.3. The molecule has 1 aromatic rings. The average Bonchev–Trinajstić information content (AvgIpc) is 2.23. The number of hydrogen-bond acceptors (Lipinski definition) is 3. The summed E-state index contributed by atoms with van der Waals surface area (Å²) in [7, 11) is 0. The Labute approximate surface area is 102 Å². The number of anilines is 1. The fourth-order valence-electron chi connectivity index (χ4n) is 1.64. The van der Waals surface area contributed by atoms with Crippen molar-refractivity contribution in [2.75, 3.05) is 5.32 Å². The predicted octanol–water partition coefficient (Wildman–Crippen LogP) is 2.16. The topological polar surface area (TPSA) is 75.4 Å². The fraction of sp³-hybridized carbons (Fsp3) is 0.462. The first-order valence-electron chi connectivity index (χ1n) is 5.77. The van der Waals surface area contributed by atoms with E-state index in [1.165, 1.54) is 0 Å². The highest BCUT2D eigenvalue weighted by Gasteiger charge is 2.27. The van der Waals surface area contributed by atoms with E-state index in [0.29, 0.717) is 12.1 Å². The van der Waals surface area contributed by atoms with Crippen molar-refractivity contribution < 1.29 is 9.90 Å². The van der Waals surface area contributed by atoms with Gasteiger partial charge in [0.15, 0.2) is 0 Å². The van der Waals surface area contributed by atoms with E-state index in [1.54, 1.807) is 32.0 Å². The van der Waals surface area contributed by atoms with Gasteiger partial charge in [0.25, 0.3) is 0 Å². The van der Waals surface area contributed by atoms with Gasteiger partial charge in [-0.2, -0.15) is 0 Å². The highest BCUT2D eigenvalue weighted by Crippen LogP contribution is 2.21. The molecule has 1 unspecified atom stereocenters. The fourth-order valence-corrected chi connectivity index (χ4v) is 1.64. The summed E-state index contributed by atoms with van der Waals surface area (Å²) >= 11 is 0. The van der Waals surface area contributed by atoms with Gasteiger partial charge in [-0.15, -0.1) is 0 Å². The van der Waals surface area contributed by atoms with Gasteiger partial charge in [-0.05, 0) is 44.0 Å². The lowest BCUT2D eigenvalue weighted by molar-refractivity contribution is -0.120. The number of carbonyl (C=O) groups is 1. The maximum Gasteiger partial charge on any atom is 0.244 e. The van der Waals surface area contributed by atoms with Crippen LogP contribution in [0.5, 0.6) is 5.75 Å². The zero-order valence-electron chi connectivity index (χ0n) is 10.6. The number of aryl methyl sites for hydroxylation is 1. The lowest BCUT2D eigenvalue weighted by Gasteiger charge is -2.23. The van der Waals surface area contributed by atoms with Crippen LogP contribution in [0.15, 0.2) is 18.2 Å². The number of amides is 1. The van der Waals surface area contributed by atoms with Crippen molar-refractivity contribution in [2.24, 2.45) is 5.73 Å². The second kappa shape index (κ2) is 5.19. The Balaban J connectivity index is 2.77. The van der Waals surface area contributed by atoms with Crippen LogP contribution in [0.25, 0.3) is 0 Å². The number of carbonyl (C=O) groups excluding carboxylic acids is 1. The number of aromatic hydroxyl groups is 1. The minimum Gasteiger partial charge on any atom is -0.508 e. The molecule has 1 aromatic carbocycles. The molecule has 0 fully saturated rings. The molecule has 1 rings (SSSR count). The lowest BCUT2D eigenvalue weighted by Crippen LogP contribution is -2.48. The highest BCUT2D eigenvalue weighted by molar-refractivity contribution is 5.97. The molecule has 1 amide bonds. The second-order valence-electron chi connectivity index (χ2n) is 4.62. The molecule has 0 radical (unpaired) electrons. The standard InChI is InChI=1S/C13H20N2O2/c1-4-7-13(3,14)12(17)15-10-5-6-11(16)9(2)8-10/h5-6,8,16H,4,7,14H2,1-3H3,(H,15,17). The number of hydrogen-bond donors (Lipinski definition) is 3. The van der Waals surface area contributed by atoms with E-state index in [0.717, 1.165) is 12.0 Å². The van der Waals surface area contributed by atoms with Gasteiger partial charge in [0.2, 0.25) is 5.91 Å². The van der Waals surface area contributed by atoms with Crippen molar-refractivity contribution in [3.8, 4) is 5.75 Å². The van der Waals surface area contributed by atoms with Crippen molar-refractivity contribution in [3.63, 3.8) is 0 Å². The summed E-state index contributed by atoms with van der Waals surface area (Å²) in [6, 6.07) is 4.93. The van der Waals surface area contributed by atoms with Crippen LogP contribution in [0.1, 0.15) is 32.3 Å². The summed E-state index contributed by atoms with van der Waals surface area (Å²) in [5.74, 6) is 0.0107. The SMILES string of the molecule is CCCC(C)(N)C(=O)Nc1ccc(O)c(C)c1. The van der Waals surface area contributed by atoms with Crippen LogP contribution in [0.2, 0.25) is 0 Å². The summed E-state index contributed by atoms with van der Waals surface area (Å²) in [6.45, 7) is 5.49. The molecule has 0 spiro atoms. The number of nitrogens with two attached hydrogens (primary N) is 1. The van der Waals surface area contributed by atoms with Gasteiger partial charge in [-0.3, -0.25) is 4.79 Å². The maximum absolute atomic E-state index is 11.9. The van der Waals surface area contributed by atoms with Crippen LogP contribution in [0.3, 0.4) is 0 Å². The van der Waals surface area contributed by atoms with Crippen molar-refractivity contribution in [1.82, 2.24) is 0 Å². The summed E-state index contributed by atoms with van der Waals surface area (Å²) in [4.78, 5) is 11.9. The summed E-state index contributed by atoms with van der Waals surface area (Å²) in [6.07, 6.45) is 1.49. The normalized spacial score (nSPS) is 14.1. The van der Waals surface area contributed by atoms with Crippen molar-refractivity contribution in [2.45, 2.75) is 39.2 Å². The van der Waals surface area contributed by atoms with Crippen LogP contribution in [-0.2, 0) is 4.79 Å². The van der Waals surface area contributed by atoms with Crippen LogP contribution in [0, 0.1) is 6.92 Å². The largest absolute Gasteiger partial charge is 0.508 e. The van der Waals surface area contributed by atoms with E-state index < -0.39 is 5.54 Å². The van der Waals surface area contributed by atoms with Crippen LogP contribution < -0.4 is 11.1 Å². The quantitative estimate of drug-likeness (QED) is 0.701. The van der Waals surface area contributed by atoms with Crippen LogP contribution in [-0.4, -0.2) is 16.6 Å². The molecule has 0 aliphatic rings. The molecule has 0 aliphatic carbocycles. The number of benzene rings is 1. The second-order valence-corrected chi connectivity index (χ2v) is 4.62. The van der Waals surface area contributed by atoms with Gasteiger partial charge in [-0.25, -0.2) is 0 Å². The zero-order valence-corrected chi connectivity index (χ0v) is 10.6. The number of phenolic OH excluding ortho intramolecular Hbond substituents is 1. The van der Waals surface area contributed by atoms with E-state index in [-0.39, 0.29) is 11.7 Å². The van der Waals surface area contributed by atoms with E-state index in [2.05, 4.69) is 5.32 Å². The zero-order chi connectivity index (χ0) is 13.1. The molecule has 0 saturated heterocycles. The predicted molar refractivity (Wildman–Crippen MR) is 69.0 cm³/mol. The van der Waals surface area contributed by atoms with Gasteiger partial charge in [0.05, 0.1) is 5.54 Å². The molecule has 0 bridgehead atoms. The Morgan fingerprint density at radius 3 is 2.71 bits per heavy atom.